The van der Waals surface area contributed by atoms with Gasteiger partial charge in [-0.15, -0.1) is 0 Å². The molecule has 10 nitrogen and oxygen atoms in total. The van der Waals surface area contributed by atoms with Crippen LogP contribution in [-0.2, 0) is 30.8 Å². The number of hydrogen-bond acceptors (Lipinski definition) is 8. The number of aryl methyl sites for hydroxylation is 1. The number of amides is 4. The first-order valence-electron chi connectivity index (χ1n) is 17.4. The van der Waals surface area contributed by atoms with Crippen LogP contribution in [0.2, 0.25) is 5.02 Å². The van der Waals surface area contributed by atoms with Crippen molar-refractivity contribution in [2.24, 2.45) is 23.7 Å². The monoisotopic (exact) mass is 833 g/mol. The van der Waals surface area contributed by atoms with Gasteiger partial charge in [-0.2, -0.15) is 23.2 Å². The first-order valence-corrected chi connectivity index (χ1v) is 18.6. The molecule has 0 unspecified atom stereocenters. The molecule has 0 spiro atoms. The maximum absolute atomic E-state index is 15.3. The van der Waals surface area contributed by atoms with E-state index in [0.29, 0.717) is 32.9 Å². The molecule has 3 fully saturated rings. The number of rotatable bonds is 6. The molecule has 3 aromatic carbocycles. The van der Waals surface area contributed by atoms with Crippen molar-refractivity contribution in [1.29, 1.82) is 0 Å². The number of anilines is 2. The Balaban J connectivity index is 1.28. The average molecular weight is 835 g/mol. The number of fused-ring (bicyclic) bond motifs is 4. The summed E-state index contributed by atoms with van der Waals surface area (Å²) in [5, 5.41) is 14.1. The molecule has 15 heteroatoms. The molecule has 282 valence electrons. The number of aromatic nitrogens is 1. The minimum absolute atomic E-state index is 0.0249. The van der Waals surface area contributed by atoms with Crippen LogP contribution < -0.4 is 10.4 Å². The largest absolute Gasteiger partial charge is 0.508 e. The molecular formula is C40H32BrClF3N5O5. The summed E-state index contributed by atoms with van der Waals surface area (Å²) in [5.41, 5.74) is 3.07. The maximum Gasteiger partial charge on any atom is 0.433 e. The number of imide groups is 2. The number of alkyl halides is 3. The summed E-state index contributed by atoms with van der Waals surface area (Å²) in [6.45, 7) is 1.91. The van der Waals surface area contributed by atoms with Crippen molar-refractivity contribution < 1.29 is 37.5 Å². The van der Waals surface area contributed by atoms with E-state index in [2.05, 4.69) is 26.3 Å². The van der Waals surface area contributed by atoms with Crippen LogP contribution in [0.1, 0.15) is 41.1 Å². The van der Waals surface area contributed by atoms with Crippen molar-refractivity contribution in [2.75, 3.05) is 17.5 Å². The second-order valence-corrected chi connectivity index (χ2v) is 15.6. The molecule has 3 heterocycles. The molecule has 6 atom stereocenters. The molecule has 4 aliphatic rings. The highest BCUT2D eigenvalue weighted by molar-refractivity contribution is 9.10. The molecule has 0 radical (unpaired) electrons. The normalized spacial score (nSPS) is 26.1. The fourth-order valence-corrected chi connectivity index (χ4v) is 9.64. The number of aromatic hydroxyl groups is 1. The van der Waals surface area contributed by atoms with Gasteiger partial charge in [-0.3, -0.25) is 29.6 Å². The van der Waals surface area contributed by atoms with Crippen molar-refractivity contribution in [1.82, 2.24) is 15.0 Å². The number of phenolic OH excluding ortho intramolecular Hbond substituents is 1. The predicted octanol–water partition coefficient (Wildman–Crippen LogP) is 7.57. The number of halogens is 5. The van der Waals surface area contributed by atoms with E-state index in [1.807, 2.05) is 25.1 Å². The zero-order valence-electron chi connectivity index (χ0n) is 29.2. The smallest absolute Gasteiger partial charge is 0.433 e. The Kier molecular flexibility index (Phi) is 8.84. The highest BCUT2D eigenvalue weighted by Gasteiger charge is 2.71. The molecule has 2 aliphatic carbocycles. The van der Waals surface area contributed by atoms with E-state index in [1.165, 1.54) is 13.1 Å². The number of hydrogen-bond donors (Lipinski definition) is 2. The van der Waals surface area contributed by atoms with Crippen LogP contribution >= 0.6 is 27.5 Å². The van der Waals surface area contributed by atoms with E-state index in [0.717, 1.165) is 26.7 Å². The van der Waals surface area contributed by atoms with Crippen molar-refractivity contribution in [3.05, 3.63) is 128 Å². The molecule has 0 bridgehead atoms. The second kappa shape index (κ2) is 13.2. The first-order chi connectivity index (χ1) is 26.1. The Morgan fingerprint density at radius 1 is 0.945 bits per heavy atom. The number of carbonyl (C=O) groups is 4. The first kappa shape index (κ1) is 36.8. The van der Waals surface area contributed by atoms with Crippen molar-refractivity contribution in [3.63, 3.8) is 0 Å². The zero-order valence-corrected chi connectivity index (χ0v) is 31.6. The minimum Gasteiger partial charge on any atom is -0.508 e. The minimum atomic E-state index is -4.82. The summed E-state index contributed by atoms with van der Waals surface area (Å²) in [6, 6.07) is 22.6. The highest BCUT2D eigenvalue weighted by atomic mass is 79.9. The van der Waals surface area contributed by atoms with E-state index in [4.69, 9.17) is 11.6 Å². The molecule has 4 aromatic rings. The van der Waals surface area contributed by atoms with Crippen LogP contribution in [0.5, 0.6) is 5.75 Å². The third-order valence-electron chi connectivity index (χ3n) is 11.4. The van der Waals surface area contributed by atoms with Gasteiger partial charge in [0.1, 0.15) is 11.4 Å². The fraction of sp³-hybridized carbons (Fsp3) is 0.275. The summed E-state index contributed by atoms with van der Waals surface area (Å²) >= 11 is 9.81. The number of carbonyl (C=O) groups excluding carboxylic acids is 4. The molecule has 55 heavy (non-hydrogen) atoms. The summed E-state index contributed by atoms with van der Waals surface area (Å²) in [7, 11) is 1.24. The number of benzene rings is 3. The van der Waals surface area contributed by atoms with E-state index in [-0.39, 0.29) is 23.6 Å². The van der Waals surface area contributed by atoms with Crippen molar-refractivity contribution in [2.45, 2.75) is 37.3 Å². The lowest BCUT2D eigenvalue weighted by Gasteiger charge is -2.50. The lowest BCUT2D eigenvalue weighted by Crippen LogP contribution is -2.53. The van der Waals surface area contributed by atoms with Crippen LogP contribution in [0.15, 0.2) is 101 Å². The number of allylic oxidation sites excluding steroid dienone is 2. The third-order valence-corrected chi connectivity index (χ3v) is 12.2. The van der Waals surface area contributed by atoms with Gasteiger partial charge in [0.25, 0.3) is 23.6 Å². The third kappa shape index (κ3) is 5.63. The number of pyridine rings is 1. The number of hydrazine groups is 2. The molecule has 4 amide bonds. The van der Waals surface area contributed by atoms with Gasteiger partial charge in [-0.1, -0.05) is 87.2 Å². The number of phenols is 1. The fourth-order valence-electron chi connectivity index (χ4n) is 9.04. The second-order valence-electron chi connectivity index (χ2n) is 14.3. The Morgan fingerprint density at radius 2 is 1.65 bits per heavy atom. The van der Waals surface area contributed by atoms with Crippen molar-refractivity contribution in [3.8, 4) is 5.75 Å². The average Bonchev–Trinajstić information content (AvgIpc) is 3.54. The topological polar surface area (TPSA) is 123 Å². The van der Waals surface area contributed by atoms with E-state index >= 15 is 4.79 Å². The maximum atomic E-state index is 15.3. The van der Waals surface area contributed by atoms with Crippen LogP contribution in [0, 0.1) is 30.6 Å². The molecule has 8 rings (SSSR count). The van der Waals surface area contributed by atoms with Gasteiger partial charge < -0.3 is 5.11 Å². The summed E-state index contributed by atoms with van der Waals surface area (Å²) in [5.74, 6) is -7.94. The standard InChI is InChI=1S/C40H32BrClF3N5O5/c1-20-8-11-23(12-9-20)47-49-36(53)28-19-26-24(33(27-18-22(41)10-16-30(27)51)39(28,38(49)55)21-6-4-3-5-7-21)13-14-25-32(26)37(54)50(35(25)52)48(2)34-29(42)15-17-31(46-34)40(43,44)45/h3-13,15-18,25-26,28,32-33,47,51H,14,19H2,1-2H3/t25-,26+,28-,32-,33+,39+/m0/s1. The Bertz CT molecular complexity index is 2310. The van der Waals surface area contributed by atoms with Crippen molar-refractivity contribution >= 4 is 62.7 Å². The van der Waals surface area contributed by atoms with Crippen LogP contribution in [0.3, 0.4) is 0 Å². The highest BCUT2D eigenvalue weighted by Crippen LogP contribution is 2.65. The van der Waals surface area contributed by atoms with Crippen LogP contribution in [0.4, 0.5) is 24.7 Å². The number of nitrogens with zero attached hydrogens (tertiary/aromatic N) is 4. The molecule has 2 saturated heterocycles. The Labute approximate surface area is 326 Å². The van der Waals surface area contributed by atoms with E-state index in [9.17, 15) is 32.7 Å². The van der Waals surface area contributed by atoms with E-state index in [1.54, 1.807) is 54.6 Å². The van der Waals surface area contributed by atoms with Gasteiger partial charge >= 0.3 is 6.18 Å². The summed E-state index contributed by atoms with van der Waals surface area (Å²) in [6.07, 6.45) is -2.98. The lowest BCUT2D eigenvalue weighted by atomic mass is 9.49. The molecule has 2 aliphatic heterocycles. The summed E-state index contributed by atoms with van der Waals surface area (Å²) in [4.78, 5) is 62.5. The zero-order chi connectivity index (χ0) is 39.1. The van der Waals surface area contributed by atoms with Crippen LogP contribution in [0.25, 0.3) is 0 Å². The van der Waals surface area contributed by atoms with Gasteiger partial charge in [-0.05, 0) is 73.7 Å². The molecule has 1 aromatic heterocycles. The van der Waals surface area contributed by atoms with Crippen LogP contribution in [-0.4, -0.2) is 50.8 Å². The molecule has 2 N–H and O–H groups in total. The Hall–Kier alpha value is -5.21. The lowest BCUT2D eigenvalue weighted by molar-refractivity contribution is -0.142. The summed E-state index contributed by atoms with van der Waals surface area (Å²) < 4.78 is 41.6. The van der Waals surface area contributed by atoms with Gasteiger partial charge in [0, 0.05) is 23.0 Å². The molecule has 1 saturated carbocycles. The van der Waals surface area contributed by atoms with Gasteiger partial charge in [0.05, 0.1) is 33.9 Å². The van der Waals surface area contributed by atoms with Gasteiger partial charge in [0.15, 0.2) is 5.82 Å². The quantitative estimate of drug-likeness (QED) is 0.151. The van der Waals surface area contributed by atoms with Gasteiger partial charge in [0.2, 0.25) is 0 Å². The number of nitrogens with one attached hydrogen (secondary N) is 1. The van der Waals surface area contributed by atoms with E-state index < -0.39 is 76.3 Å². The van der Waals surface area contributed by atoms with Gasteiger partial charge in [-0.25, -0.2) is 4.98 Å². The SMILES string of the molecule is Cc1ccc(NN2C(=O)[C@@H]3C[C@@H]4C(=CC[C@@H]5C(=O)N(N(C)c6nc(C(F)(F)F)ccc6Cl)C(=O)[C@@H]54)[C@H](c4cc(Br)ccc4O)[C@]3(c3ccccc3)C2=O)cc1. The Morgan fingerprint density at radius 3 is 2.35 bits per heavy atom. The predicted molar refractivity (Wildman–Crippen MR) is 199 cm³/mol. The molecular weight excluding hydrogens is 803 g/mol.